The van der Waals surface area contributed by atoms with E-state index in [4.69, 9.17) is 16.3 Å². The molecule has 2 aromatic rings. The molecule has 5 heteroatoms. The molecule has 0 aliphatic rings. The lowest BCUT2D eigenvalue weighted by Gasteiger charge is -2.25. The Morgan fingerprint density at radius 3 is 2.72 bits per heavy atom. The van der Waals surface area contributed by atoms with Gasteiger partial charge in [-0.1, -0.05) is 24.3 Å². The highest BCUT2D eigenvalue weighted by Crippen LogP contribution is 2.15. The third-order valence-electron chi connectivity index (χ3n) is 4.31. The minimum Gasteiger partial charge on any atom is -0.385 e. The van der Waals surface area contributed by atoms with Crippen LogP contribution in [-0.4, -0.2) is 41.0 Å². The van der Waals surface area contributed by atoms with E-state index in [1.165, 1.54) is 11.1 Å². The van der Waals surface area contributed by atoms with E-state index in [9.17, 15) is 4.79 Å². The van der Waals surface area contributed by atoms with Crippen molar-refractivity contribution < 1.29 is 9.53 Å². The van der Waals surface area contributed by atoms with Crippen LogP contribution in [0.3, 0.4) is 0 Å². The van der Waals surface area contributed by atoms with Crippen LogP contribution >= 0.6 is 11.6 Å². The van der Waals surface area contributed by atoms with E-state index in [-0.39, 0.29) is 5.91 Å². The van der Waals surface area contributed by atoms with Crippen molar-refractivity contribution in [3.05, 3.63) is 59.4 Å². The van der Waals surface area contributed by atoms with Gasteiger partial charge in [-0.15, -0.1) is 11.6 Å². The van der Waals surface area contributed by atoms with E-state index in [1.54, 1.807) is 14.0 Å². The van der Waals surface area contributed by atoms with E-state index < -0.39 is 5.38 Å². The Morgan fingerprint density at radius 1 is 1.28 bits per heavy atom. The number of hydrogen-bond donors (Lipinski definition) is 0. The predicted molar refractivity (Wildman–Crippen MR) is 102 cm³/mol. The van der Waals surface area contributed by atoms with Crippen LogP contribution in [-0.2, 0) is 22.6 Å². The van der Waals surface area contributed by atoms with Gasteiger partial charge >= 0.3 is 0 Å². The van der Waals surface area contributed by atoms with Gasteiger partial charge in [0.05, 0.1) is 6.54 Å². The summed E-state index contributed by atoms with van der Waals surface area (Å²) >= 11 is 6.04. The molecule has 4 nitrogen and oxygen atoms in total. The molecule has 0 N–H and O–H groups in total. The Bertz CT molecular complexity index is 682. The standard InChI is InChI=1S/C20H27ClN2O2/c1-16-8-4-5-9-18(16)14-22-11-6-10-19(22)15-23(12-7-13-25-3)20(24)17(2)21/h4-6,8-11,17H,7,12-15H2,1-3H3/t17-/m1/s1. The van der Waals surface area contributed by atoms with Gasteiger partial charge in [-0.25, -0.2) is 0 Å². The number of hydrogen-bond acceptors (Lipinski definition) is 2. The number of halogens is 1. The van der Waals surface area contributed by atoms with Gasteiger partial charge in [0.15, 0.2) is 0 Å². The fourth-order valence-corrected chi connectivity index (χ4v) is 2.97. The number of ether oxygens (including phenoxy) is 1. The van der Waals surface area contributed by atoms with Crippen LogP contribution in [0, 0.1) is 6.92 Å². The summed E-state index contributed by atoms with van der Waals surface area (Å²) in [5.41, 5.74) is 3.65. The first-order chi connectivity index (χ1) is 12.0. The molecule has 0 fully saturated rings. The number of carbonyl (C=O) groups is 1. The molecule has 1 aromatic heterocycles. The molecule has 0 spiro atoms. The van der Waals surface area contributed by atoms with Crippen molar-refractivity contribution in [2.75, 3.05) is 20.3 Å². The van der Waals surface area contributed by atoms with E-state index >= 15 is 0 Å². The van der Waals surface area contributed by atoms with Gasteiger partial charge in [0, 0.05) is 38.7 Å². The highest BCUT2D eigenvalue weighted by molar-refractivity contribution is 6.30. The van der Waals surface area contributed by atoms with Crippen molar-refractivity contribution in [3.8, 4) is 0 Å². The maximum absolute atomic E-state index is 12.4. The SMILES string of the molecule is COCCCN(Cc1cccn1Cc1ccccc1C)C(=O)[C@@H](C)Cl. The van der Waals surface area contributed by atoms with Gasteiger partial charge in [0.25, 0.3) is 0 Å². The van der Waals surface area contributed by atoms with E-state index in [0.717, 1.165) is 18.7 Å². The summed E-state index contributed by atoms with van der Waals surface area (Å²) in [5, 5.41) is -0.526. The van der Waals surface area contributed by atoms with Crippen molar-refractivity contribution in [2.45, 2.75) is 38.7 Å². The van der Waals surface area contributed by atoms with Crippen LogP contribution in [0.1, 0.15) is 30.2 Å². The summed E-state index contributed by atoms with van der Waals surface area (Å²) < 4.78 is 7.30. The summed E-state index contributed by atoms with van der Waals surface area (Å²) in [6, 6.07) is 12.5. The Balaban J connectivity index is 2.12. The summed E-state index contributed by atoms with van der Waals surface area (Å²) in [7, 11) is 1.67. The fourth-order valence-electron chi connectivity index (χ4n) is 2.83. The van der Waals surface area contributed by atoms with E-state index in [1.807, 2.05) is 17.0 Å². The minimum atomic E-state index is -0.526. The second-order valence-corrected chi connectivity index (χ2v) is 6.93. The van der Waals surface area contributed by atoms with Gasteiger partial charge in [-0.2, -0.15) is 0 Å². The molecule has 1 aromatic carbocycles. The molecule has 0 saturated carbocycles. The number of rotatable bonds is 9. The van der Waals surface area contributed by atoms with E-state index in [2.05, 4.69) is 42.0 Å². The van der Waals surface area contributed by atoms with Crippen molar-refractivity contribution in [2.24, 2.45) is 0 Å². The average molecular weight is 363 g/mol. The average Bonchev–Trinajstić information content (AvgIpc) is 3.02. The first-order valence-corrected chi connectivity index (χ1v) is 9.07. The largest absolute Gasteiger partial charge is 0.385 e. The molecule has 2 rings (SSSR count). The lowest BCUT2D eigenvalue weighted by Crippen LogP contribution is -2.37. The Labute approximate surface area is 155 Å². The van der Waals surface area contributed by atoms with Crippen LogP contribution in [0.4, 0.5) is 0 Å². The summed E-state index contributed by atoms with van der Waals surface area (Å²) in [6.07, 6.45) is 2.86. The van der Waals surface area contributed by atoms with Crippen LogP contribution in [0.2, 0.25) is 0 Å². The number of alkyl halides is 1. The number of benzene rings is 1. The highest BCUT2D eigenvalue weighted by atomic mass is 35.5. The highest BCUT2D eigenvalue weighted by Gasteiger charge is 2.19. The maximum Gasteiger partial charge on any atom is 0.240 e. The molecule has 0 saturated heterocycles. The van der Waals surface area contributed by atoms with Crippen LogP contribution in [0.5, 0.6) is 0 Å². The van der Waals surface area contributed by atoms with Crippen LogP contribution < -0.4 is 0 Å². The molecule has 1 atom stereocenters. The zero-order valence-corrected chi connectivity index (χ0v) is 16.0. The van der Waals surface area contributed by atoms with Gasteiger partial charge in [-0.3, -0.25) is 4.79 Å². The summed E-state index contributed by atoms with van der Waals surface area (Å²) in [6.45, 7) is 6.46. The Hall–Kier alpha value is -1.78. The molecule has 25 heavy (non-hydrogen) atoms. The van der Waals surface area contributed by atoms with E-state index in [0.29, 0.717) is 19.7 Å². The lowest BCUT2D eigenvalue weighted by molar-refractivity contribution is -0.131. The first-order valence-electron chi connectivity index (χ1n) is 8.63. The number of aromatic nitrogens is 1. The molecule has 0 radical (unpaired) electrons. The molecule has 1 amide bonds. The zero-order chi connectivity index (χ0) is 18.2. The van der Waals surface area contributed by atoms with Crippen molar-refractivity contribution in [1.82, 2.24) is 9.47 Å². The second kappa shape index (κ2) is 9.64. The van der Waals surface area contributed by atoms with Crippen molar-refractivity contribution in [1.29, 1.82) is 0 Å². The van der Waals surface area contributed by atoms with Gasteiger partial charge < -0.3 is 14.2 Å². The van der Waals surface area contributed by atoms with Gasteiger partial charge in [0.1, 0.15) is 5.38 Å². The molecule has 1 heterocycles. The summed E-state index contributed by atoms with van der Waals surface area (Å²) in [4.78, 5) is 14.3. The second-order valence-electron chi connectivity index (χ2n) is 6.28. The lowest BCUT2D eigenvalue weighted by atomic mass is 10.1. The molecule has 136 valence electrons. The van der Waals surface area contributed by atoms with Crippen LogP contribution in [0.25, 0.3) is 0 Å². The normalized spacial score (nSPS) is 12.2. The van der Waals surface area contributed by atoms with Gasteiger partial charge in [0.2, 0.25) is 5.91 Å². The van der Waals surface area contributed by atoms with Crippen molar-refractivity contribution in [3.63, 3.8) is 0 Å². The molecule has 0 aliphatic heterocycles. The van der Waals surface area contributed by atoms with Gasteiger partial charge in [-0.05, 0) is 43.5 Å². The number of aryl methyl sites for hydroxylation is 1. The summed E-state index contributed by atoms with van der Waals surface area (Å²) in [5.74, 6) is -0.0404. The predicted octanol–water partition coefficient (Wildman–Crippen LogP) is 3.84. The number of methoxy groups -OCH3 is 1. The number of amides is 1. The molecular formula is C20H27ClN2O2. The quantitative estimate of drug-likeness (QED) is 0.501. The third kappa shape index (κ3) is 5.62. The Morgan fingerprint density at radius 2 is 2.04 bits per heavy atom. The Kier molecular flexibility index (Phi) is 7.53. The maximum atomic E-state index is 12.4. The topological polar surface area (TPSA) is 34.5 Å². The van der Waals surface area contributed by atoms with Crippen LogP contribution in [0.15, 0.2) is 42.6 Å². The monoisotopic (exact) mass is 362 g/mol. The molecule has 0 unspecified atom stereocenters. The van der Waals surface area contributed by atoms with Crippen molar-refractivity contribution >= 4 is 17.5 Å². The smallest absolute Gasteiger partial charge is 0.240 e. The number of nitrogens with zero attached hydrogens (tertiary/aromatic N) is 2. The molecular weight excluding hydrogens is 336 g/mol. The zero-order valence-electron chi connectivity index (χ0n) is 15.2. The fraction of sp³-hybridized carbons (Fsp3) is 0.450. The third-order valence-corrected chi connectivity index (χ3v) is 4.49. The number of carbonyl (C=O) groups excluding carboxylic acids is 1. The molecule has 0 bridgehead atoms. The first kappa shape index (κ1) is 19.5. The minimum absolute atomic E-state index is 0.0404. The molecule has 0 aliphatic carbocycles.